The Hall–Kier alpha value is -1.33. The van der Waals surface area contributed by atoms with Gasteiger partial charge in [0.1, 0.15) is 0 Å². The maximum absolute atomic E-state index is 10.4. The molecule has 6 nitrogen and oxygen atoms in total. The van der Waals surface area contributed by atoms with Crippen LogP contribution in [0.2, 0.25) is 0 Å². The fraction of sp³-hybridized carbons (Fsp3) is 0.833. The molecule has 1 unspecified atom stereocenters. The minimum Gasteiger partial charge on any atom is -0.481 e. The molecule has 0 heterocycles. The first-order valence-electron chi connectivity index (χ1n) is 3.58. The van der Waals surface area contributed by atoms with Crippen molar-refractivity contribution in [2.75, 3.05) is 6.61 Å². The Morgan fingerprint density at radius 1 is 1.75 bits per heavy atom. The van der Waals surface area contributed by atoms with E-state index >= 15 is 0 Å². The third-order valence-corrected chi connectivity index (χ3v) is 1.51. The molecular weight excluding hydrogens is 166 g/mol. The van der Waals surface area contributed by atoms with Gasteiger partial charge in [0, 0.05) is 0 Å². The molecule has 0 saturated heterocycles. The number of nitrogens with zero attached hydrogens (tertiary/aromatic N) is 1. The minimum atomic E-state index is -0.940. The number of aliphatic carboxylic acids is 1. The Kier molecular flexibility index (Phi) is 4.75. The average Bonchev–Trinajstić information content (AvgIpc) is 1.96. The van der Waals surface area contributed by atoms with Crippen molar-refractivity contribution in [1.29, 1.82) is 0 Å². The van der Waals surface area contributed by atoms with Gasteiger partial charge >= 0.3 is 5.97 Å². The highest BCUT2D eigenvalue weighted by molar-refractivity contribution is 5.69. The number of hydrogen-bond donors (Lipinski definition) is 1. The summed E-state index contributed by atoms with van der Waals surface area (Å²) in [5.74, 6) is -1.49. The standard InChI is InChI=1S/C6H11NO5/c1-2-5(6(8)9)3-4-12-7(10)11/h5H,2-4H2,1H3,(H,8,9). The molecule has 0 aliphatic rings. The first-order valence-corrected chi connectivity index (χ1v) is 3.58. The summed E-state index contributed by atoms with van der Waals surface area (Å²) in [7, 11) is 0. The molecule has 1 atom stereocenters. The predicted molar refractivity (Wildman–Crippen MR) is 39.0 cm³/mol. The highest BCUT2D eigenvalue weighted by Crippen LogP contribution is 2.07. The molecule has 0 aliphatic heterocycles. The van der Waals surface area contributed by atoms with E-state index in [1.54, 1.807) is 6.92 Å². The second-order valence-electron chi connectivity index (χ2n) is 2.29. The summed E-state index contributed by atoms with van der Waals surface area (Å²) in [4.78, 5) is 24.0. The van der Waals surface area contributed by atoms with Crippen LogP contribution in [-0.2, 0) is 9.63 Å². The molecule has 0 saturated carbocycles. The molecule has 0 aromatic heterocycles. The normalized spacial score (nSPS) is 12.1. The fourth-order valence-corrected chi connectivity index (χ4v) is 0.772. The van der Waals surface area contributed by atoms with Crippen LogP contribution in [0, 0.1) is 16.0 Å². The molecule has 1 N–H and O–H groups in total. The molecule has 0 spiro atoms. The third kappa shape index (κ3) is 4.48. The van der Waals surface area contributed by atoms with Gasteiger partial charge in [0.2, 0.25) is 0 Å². The van der Waals surface area contributed by atoms with Crippen molar-refractivity contribution in [1.82, 2.24) is 0 Å². The molecule has 0 aromatic carbocycles. The molecular formula is C6H11NO5. The van der Waals surface area contributed by atoms with Crippen LogP contribution in [-0.4, -0.2) is 22.8 Å². The van der Waals surface area contributed by atoms with Gasteiger partial charge in [-0.25, -0.2) is 0 Å². The molecule has 70 valence electrons. The fourth-order valence-electron chi connectivity index (χ4n) is 0.772. The second-order valence-corrected chi connectivity index (χ2v) is 2.29. The Morgan fingerprint density at radius 2 is 2.33 bits per heavy atom. The van der Waals surface area contributed by atoms with Gasteiger partial charge in [-0.15, -0.1) is 10.1 Å². The van der Waals surface area contributed by atoms with Crippen molar-refractivity contribution in [3.8, 4) is 0 Å². The minimum absolute atomic E-state index is 0.155. The van der Waals surface area contributed by atoms with Crippen LogP contribution in [0.15, 0.2) is 0 Å². The van der Waals surface area contributed by atoms with Gasteiger partial charge < -0.3 is 9.94 Å². The molecule has 0 amide bonds. The molecule has 0 radical (unpaired) electrons. The molecule has 0 fully saturated rings. The first-order chi connectivity index (χ1) is 5.57. The molecule has 0 aliphatic carbocycles. The third-order valence-electron chi connectivity index (χ3n) is 1.51. The lowest BCUT2D eigenvalue weighted by atomic mass is 10.0. The summed E-state index contributed by atoms with van der Waals surface area (Å²) >= 11 is 0. The predicted octanol–water partition coefficient (Wildman–Crippen LogP) is 0.696. The molecule has 0 aromatic rings. The number of hydrogen-bond acceptors (Lipinski definition) is 4. The topological polar surface area (TPSA) is 89.7 Å². The lowest BCUT2D eigenvalue weighted by Gasteiger charge is -2.07. The highest BCUT2D eigenvalue weighted by atomic mass is 16.9. The van der Waals surface area contributed by atoms with Crippen LogP contribution in [0.1, 0.15) is 19.8 Å². The molecule has 12 heavy (non-hydrogen) atoms. The van der Waals surface area contributed by atoms with E-state index in [9.17, 15) is 14.9 Å². The van der Waals surface area contributed by atoms with E-state index in [0.717, 1.165) is 0 Å². The molecule has 0 rings (SSSR count). The summed E-state index contributed by atoms with van der Waals surface area (Å²) in [6, 6.07) is 0. The van der Waals surface area contributed by atoms with Gasteiger partial charge in [0.05, 0.1) is 12.5 Å². The van der Waals surface area contributed by atoms with Crippen molar-refractivity contribution in [2.24, 2.45) is 5.92 Å². The number of carboxylic acids is 1. The van der Waals surface area contributed by atoms with Crippen molar-refractivity contribution in [2.45, 2.75) is 19.8 Å². The van der Waals surface area contributed by atoms with E-state index in [1.165, 1.54) is 0 Å². The van der Waals surface area contributed by atoms with E-state index in [0.29, 0.717) is 6.42 Å². The van der Waals surface area contributed by atoms with Crippen LogP contribution < -0.4 is 0 Å². The van der Waals surface area contributed by atoms with Crippen LogP contribution in [0.3, 0.4) is 0 Å². The van der Waals surface area contributed by atoms with E-state index < -0.39 is 17.0 Å². The van der Waals surface area contributed by atoms with Gasteiger partial charge in [0.15, 0.2) is 0 Å². The van der Waals surface area contributed by atoms with Gasteiger partial charge in [-0.3, -0.25) is 4.79 Å². The maximum Gasteiger partial charge on any atom is 0.306 e. The Bertz CT molecular complexity index is 169. The van der Waals surface area contributed by atoms with Crippen molar-refractivity contribution < 1.29 is 19.8 Å². The van der Waals surface area contributed by atoms with E-state index in [1.807, 2.05) is 0 Å². The number of carboxylic acid groups (broad SMARTS) is 1. The Morgan fingerprint density at radius 3 is 2.67 bits per heavy atom. The summed E-state index contributed by atoms with van der Waals surface area (Å²) in [5.41, 5.74) is 0. The largest absolute Gasteiger partial charge is 0.481 e. The van der Waals surface area contributed by atoms with Crippen LogP contribution in [0.4, 0.5) is 0 Å². The monoisotopic (exact) mass is 177 g/mol. The summed E-state index contributed by atoms with van der Waals surface area (Å²) in [5, 5.41) is 17.3. The average molecular weight is 177 g/mol. The van der Waals surface area contributed by atoms with Gasteiger partial charge in [-0.05, 0) is 12.8 Å². The lowest BCUT2D eigenvalue weighted by Crippen LogP contribution is -2.16. The lowest BCUT2D eigenvalue weighted by molar-refractivity contribution is -0.758. The SMILES string of the molecule is CCC(CCO[N+](=O)[O-])C(=O)O. The van der Waals surface area contributed by atoms with Gasteiger partial charge in [-0.2, -0.15) is 0 Å². The van der Waals surface area contributed by atoms with Crippen molar-refractivity contribution in [3.63, 3.8) is 0 Å². The Balaban J connectivity index is 3.59. The second kappa shape index (κ2) is 5.34. The summed E-state index contributed by atoms with van der Waals surface area (Å²) in [6.07, 6.45) is 0.628. The summed E-state index contributed by atoms with van der Waals surface area (Å²) in [6.45, 7) is 1.56. The Labute approximate surface area is 69.2 Å². The highest BCUT2D eigenvalue weighted by Gasteiger charge is 2.14. The zero-order valence-corrected chi connectivity index (χ0v) is 6.73. The zero-order chi connectivity index (χ0) is 9.56. The van der Waals surface area contributed by atoms with Crippen molar-refractivity contribution >= 4 is 5.97 Å². The van der Waals surface area contributed by atoms with Gasteiger partial charge in [0.25, 0.3) is 5.09 Å². The zero-order valence-electron chi connectivity index (χ0n) is 6.73. The van der Waals surface area contributed by atoms with E-state index in [2.05, 4.69) is 4.84 Å². The maximum atomic E-state index is 10.4. The van der Waals surface area contributed by atoms with Crippen LogP contribution >= 0.6 is 0 Å². The molecule has 0 bridgehead atoms. The number of rotatable bonds is 6. The summed E-state index contributed by atoms with van der Waals surface area (Å²) < 4.78 is 0. The smallest absolute Gasteiger partial charge is 0.306 e. The van der Waals surface area contributed by atoms with Gasteiger partial charge in [-0.1, -0.05) is 6.92 Å². The quantitative estimate of drug-likeness (QED) is 0.476. The van der Waals surface area contributed by atoms with E-state index in [4.69, 9.17) is 5.11 Å². The first kappa shape index (κ1) is 10.7. The van der Waals surface area contributed by atoms with Crippen LogP contribution in [0.25, 0.3) is 0 Å². The van der Waals surface area contributed by atoms with Crippen LogP contribution in [0.5, 0.6) is 0 Å². The van der Waals surface area contributed by atoms with E-state index in [-0.39, 0.29) is 13.0 Å². The number of carbonyl (C=O) groups is 1. The molecule has 6 heteroatoms. The van der Waals surface area contributed by atoms with Crippen molar-refractivity contribution in [3.05, 3.63) is 10.1 Å².